The van der Waals surface area contributed by atoms with E-state index in [-0.39, 0.29) is 30.7 Å². The van der Waals surface area contributed by atoms with E-state index < -0.39 is 11.9 Å². The van der Waals surface area contributed by atoms with Gasteiger partial charge in [-0.15, -0.1) is 11.8 Å². The predicted molar refractivity (Wildman–Crippen MR) is 96.2 cm³/mol. The Bertz CT molecular complexity index is 816. The van der Waals surface area contributed by atoms with Crippen molar-refractivity contribution in [1.82, 2.24) is 10.2 Å². The lowest BCUT2D eigenvalue weighted by molar-refractivity contribution is -0.129. The fourth-order valence-corrected chi connectivity index (χ4v) is 2.97. The van der Waals surface area contributed by atoms with Gasteiger partial charge in [0.2, 0.25) is 5.91 Å². The number of benzene rings is 1. The van der Waals surface area contributed by atoms with Gasteiger partial charge in [-0.2, -0.15) is 4.99 Å². The zero-order valence-corrected chi connectivity index (χ0v) is 14.3. The second-order valence-corrected chi connectivity index (χ2v) is 6.25. The van der Waals surface area contributed by atoms with E-state index in [2.05, 4.69) is 15.3 Å². The lowest BCUT2D eigenvalue weighted by Gasteiger charge is -2.27. The van der Waals surface area contributed by atoms with E-state index in [1.54, 1.807) is 36.0 Å². The van der Waals surface area contributed by atoms with E-state index >= 15 is 0 Å². The van der Waals surface area contributed by atoms with E-state index in [0.717, 1.165) is 9.80 Å². The number of thioether (sulfide) groups is 1. The van der Waals surface area contributed by atoms with Crippen LogP contribution in [0.25, 0.3) is 0 Å². The number of dihydropyridines is 1. The normalized spacial score (nSPS) is 18.8. The van der Waals surface area contributed by atoms with Crippen molar-refractivity contribution in [3.63, 3.8) is 0 Å². The highest BCUT2D eigenvalue weighted by atomic mass is 32.2. The highest BCUT2D eigenvalue weighted by Crippen LogP contribution is 2.18. The highest BCUT2D eigenvalue weighted by Gasteiger charge is 2.36. The largest absolute Gasteiger partial charge is 0.352 e. The molecule has 128 valence electrons. The summed E-state index contributed by atoms with van der Waals surface area (Å²) in [5, 5.41) is 2.72. The summed E-state index contributed by atoms with van der Waals surface area (Å²) in [6.07, 6.45) is 6.73. The monoisotopic (exact) mass is 356 g/mol. The second kappa shape index (κ2) is 7.43. The summed E-state index contributed by atoms with van der Waals surface area (Å²) in [7, 11) is 0. The number of amidine groups is 1. The molecule has 3 rings (SSSR count). The van der Waals surface area contributed by atoms with Crippen molar-refractivity contribution in [1.29, 1.82) is 0 Å². The number of fused-ring (bicyclic) bond motifs is 1. The van der Waals surface area contributed by atoms with E-state index in [4.69, 9.17) is 0 Å². The van der Waals surface area contributed by atoms with Gasteiger partial charge in [-0.05, 0) is 30.5 Å². The highest BCUT2D eigenvalue weighted by molar-refractivity contribution is 7.98. The number of carbonyl (C=O) groups excluding carboxylic acids is 3. The summed E-state index contributed by atoms with van der Waals surface area (Å²) in [6.45, 7) is 0.223. The predicted octanol–water partition coefficient (Wildman–Crippen LogP) is 1.76. The molecular weight excluding hydrogens is 340 g/mol. The molecule has 7 nitrogen and oxygen atoms in total. The van der Waals surface area contributed by atoms with Gasteiger partial charge in [0.05, 0.1) is 0 Å². The zero-order chi connectivity index (χ0) is 17.8. The number of hydrogen-bond acceptors (Lipinski definition) is 5. The topological polar surface area (TPSA) is 91.2 Å². The van der Waals surface area contributed by atoms with Crippen molar-refractivity contribution >= 4 is 41.7 Å². The molecule has 0 aliphatic carbocycles. The van der Waals surface area contributed by atoms with Crippen LogP contribution in [0.5, 0.6) is 0 Å². The fraction of sp³-hybridized carbons (Fsp3) is 0.235. The maximum absolute atomic E-state index is 12.4. The number of allylic oxidation sites excluding steroid dienone is 1. The van der Waals surface area contributed by atoms with Crippen LogP contribution in [0.15, 0.2) is 51.3 Å². The van der Waals surface area contributed by atoms with Crippen molar-refractivity contribution in [2.24, 2.45) is 15.9 Å². The molecular formula is C17H16N4O3S. The molecule has 1 unspecified atom stereocenters. The number of rotatable bonds is 5. The minimum atomic E-state index is -0.651. The number of aliphatic imine (C=N–C) groups is 2. The number of amides is 4. The van der Waals surface area contributed by atoms with Gasteiger partial charge >= 0.3 is 6.03 Å². The Morgan fingerprint density at radius 2 is 2.20 bits per heavy atom. The van der Waals surface area contributed by atoms with Gasteiger partial charge in [-0.25, -0.2) is 9.79 Å². The van der Waals surface area contributed by atoms with Gasteiger partial charge in [-0.1, -0.05) is 12.1 Å². The number of nitrogens with one attached hydrogen (secondary N) is 1. The molecule has 0 spiro atoms. The molecule has 0 radical (unpaired) electrons. The third-order valence-corrected chi connectivity index (χ3v) is 4.53. The van der Waals surface area contributed by atoms with Crippen molar-refractivity contribution in [3.05, 3.63) is 42.0 Å². The van der Waals surface area contributed by atoms with Crippen LogP contribution in [-0.4, -0.2) is 54.1 Å². The smallest absolute Gasteiger partial charge is 0.350 e. The Hall–Kier alpha value is -2.74. The van der Waals surface area contributed by atoms with Crippen molar-refractivity contribution < 1.29 is 14.4 Å². The standard InChI is InChI=1S/C17H16N4O3S/c1-25-12-5-2-4-11(10-12)15(22)19-8-9-21-16(23)13-6-3-7-18-14(13)20-17(21)24/h2-7,10,13H,8-9H2,1H3,(H,19,22). The first-order chi connectivity index (χ1) is 12.1. The summed E-state index contributed by atoms with van der Waals surface area (Å²) in [5.41, 5.74) is 0.535. The number of imide groups is 1. The van der Waals surface area contributed by atoms with E-state index in [1.807, 2.05) is 18.4 Å². The van der Waals surface area contributed by atoms with Crippen LogP contribution in [0.3, 0.4) is 0 Å². The average molecular weight is 356 g/mol. The number of carbonyl (C=O) groups is 3. The minimum absolute atomic E-state index is 0.0659. The number of hydrogen-bond donors (Lipinski definition) is 1. The maximum atomic E-state index is 12.4. The van der Waals surface area contributed by atoms with Crippen LogP contribution < -0.4 is 5.32 Å². The summed E-state index contributed by atoms with van der Waals surface area (Å²) < 4.78 is 0. The number of nitrogens with zero attached hydrogens (tertiary/aromatic N) is 3. The molecule has 4 amide bonds. The van der Waals surface area contributed by atoms with E-state index in [1.165, 1.54) is 6.21 Å². The van der Waals surface area contributed by atoms with Crippen LogP contribution in [0, 0.1) is 5.92 Å². The third-order valence-electron chi connectivity index (χ3n) is 3.80. The van der Waals surface area contributed by atoms with E-state index in [9.17, 15) is 14.4 Å². The third kappa shape index (κ3) is 3.69. The Balaban J connectivity index is 1.60. The molecule has 1 atom stereocenters. The van der Waals surface area contributed by atoms with Crippen molar-refractivity contribution in [2.75, 3.05) is 19.3 Å². The summed E-state index contributed by atoms with van der Waals surface area (Å²) in [6, 6.07) is 6.58. The van der Waals surface area contributed by atoms with Crippen LogP contribution >= 0.6 is 11.8 Å². The maximum Gasteiger partial charge on any atom is 0.352 e. The van der Waals surface area contributed by atoms with Gasteiger partial charge in [0, 0.05) is 29.8 Å². The molecule has 25 heavy (non-hydrogen) atoms. The molecule has 0 aromatic heterocycles. The van der Waals surface area contributed by atoms with Gasteiger partial charge in [0.1, 0.15) is 11.8 Å². The average Bonchev–Trinajstić information content (AvgIpc) is 2.64. The van der Waals surface area contributed by atoms with Gasteiger partial charge in [0.25, 0.3) is 5.91 Å². The second-order valence-electron chi connectivity index (χ2n) is 5.37. The zero-order valence-electron chi connectivity index (χ0n) is 13.5. The first kappa shape index (κ1) is 17.1. The van der Waals surface area contributed by atoms with E-state index in [0.29, 0.717) is 5.56 Å². The number of urea groups is 1. The lowest BCUT2D eigenvalue weighted by atomic mass is 10.0. The SMILES string of the molecule is CSc1cccc(C(=O)NCCN2C(=O)N=C3N=CC=CC3C2=O)c1. The Morgan fingerprint density at radius 3 is 3.00 bits per heavy atom. The molecule has 8 heteroatoms. The van der Waals surface area contributed by atoms with Crippen molar-refractivity contribution in [3.8, 4) is 0 Å². The summed E-state index contributed by atoms with van der Waals surface area (Å²) in [4.78, 5) is 46.4. The molecule has 1 aromatic rings. The molecule has 2 aliphatic rings. The molecule has 0 bridgehead atoms. The van der Waals surface area contributed by atoms with Crippen LogP contribution in [0.4, 0.5) is 4.79 Å². The molecule has 1 N–H and O–H groups in total. The van der Waals surface area contributed by atoms with Gasteiger partial charge < -0.3 is 5.32 Å². The quantitative estimate of drug-likeness (QED) is 0.814. The Kier molecular flexibility index (Phi) is 5.08. The fourth-order valence-electron chi connectivity index (χ4n) is 2.51. The molecule has 1 aromatic carbocycles. The molecule has 0 saturated heterocycles. The van der Waals surface area contributed by atoms with Crippen LogP contribution in [0.2, 0.25) is 0 Å². The molecule has 0 saturated carbocycles. The minimum Gasteiger partial charge on any atom is -0.350 e. The summed E-state index contributed by atoms with van der Waals surface area (Å²) in [5.74, 6) is -1.04. The van der Waals surface area contributed by atoms with Crippen molar-refractivity contribution in [2.45, 2.75) is 4.90 Å². The first-order valence-corrected chi connectivity index (χ1v) is 8.89. The van der Waals surface area contributed by atoms with Crippen LogP contribution in [0.1, 0.15) is 10.4 Å². The van der Waals surface area contributed by atoms with Gasteiger partial charge in [-0.3, -0.25) is 14.5 Å². The Labute approximate surface area is 148 Å². The van der Waals surface area contributed by atoms with Crippen LogP contribution in [-0.2, 0) is 4.79 Å². The van der Waals surface area contributed by atoms with Gasteiger partial charge in [0.15, 0.2) is 0 Å². The summed E-state index contributed by atoms with van der Waals surface area (Å²) >= 11 is 1.55. The molecule has 0 fully saturated rings. The molecule has 2 heterocycles. The lowest BCUT2D eigenvalue weighted by Crippen LogP contribution is -2.48. The first-order valence-electron chi connectivity index (χ1n) is 7.67. The molecule has 2 aliphatic heterocycles. The Morgan fingerprint density at radius 1 is 1.36 bits per heavy atom.